The number of quaternary nitrogens is 1. The number of hydrogen-bond acceptors (Lipinski definition) is 5. The highest BCUT2D eigenvalue weighted by Gasteiger charge is 2.27. The molecule has 1 aromatic carbocycles. The minimum Gasteiger partial charge on any atom is -0.488 e. The molecule has 1 aliphatic heterocycles. The first-order chi connectivity index (χ1) is 14.3. The molecule has 1 aliphatic carbocycles. The van der Waals surface area contributed by atoms with Crippen LogP contribution in [0, 0.1) is 5.92 Å². The maximum absolute atomic E-state index is 5.88. The molecule has 5 rings (SSSR count). The lowest BCUT2D eigenvalue weighted by atomic mass is 9.89. The SMILES string of the molecule is C[C@H]1CCc2c(sc3ncnc(N4CC[NH+](CCOc5ccccc5)CC4)c23)C1. The Labute approximate surface area is 176 Å². The van der Waals surface area contributed by atoms with E-state index in [9.17, 15) is 0 Å². The standard InChI is InChI=1S/C23H28N4OS/c1-17-7-8-19-20(15-17)29-23-21(19)22(24-16-25-23)27-11-9-26(10-12-27)13-14-28-18-5-3-2-4-6-18/h2-6,16-17H,7-15H2,1H3/p+1/t17-/m0/s1. The highest BCUT2D eigenvalue weighted by Crippen LogP contribution is 2.40. The quantitative estimate of drug-likeness (QED) is 0.704. The van der Waals surface area contributed by atoms with Gasteiger partial charge in [0.2, 0.25) is 0 Å². The molecule has 0 radical (unpaired) electrons. The normalized spacial score (nSPS) is 20.0. The van der Waals surface area contributed by atoms with Crippen molar-refractivity contribution in [3.63, 3.8) is 0 Å². The van der Waals surface area contributed by atoms with E-state index in [1.807, 2.05) is 41.7 Å². The zero-order valence-corrected chi connectivity index (χ0v) is 17.9. The second kappa shape index (κ2) is 8.28. The second-order valence-electron chi connectivity index (χ2n) is 8.38. The molecule has 1 N–H and O–H groups in total. The van der Waals surface area contributed by atoms with Crippen LogP contribution < -0.4 is 14.5 Å². The summed E-state index contributed by atoms with van der Waals surface area (Å²) < 4.78 is 5.88. The summed E-state index contributed by atoms with van der Waals surface area (Å²) in [6.45, 7) is 8.55. The number of anilines is 1. The highest BCUT2D eigenvalue weighted by atomic mass is 32.1. The molecule has 0 saturated carbocycles. The molecular formula is C23H29N4OS+. The average molecular weight is 410 g/mol. The topological polar surface area (TPSA) is 42.7 Å². The van der Waals surface area contributed by atoms with Gasteiger partial charge < -0.3 is 14.5 Å². The maximum atomic E-state index is 5.88. The molecule has 3 aromatic rings. The third kappa shape index (κ3) is 3.96. The van der Waals surface area contributed by atoms with Crippen LogP contribution in [0.3, 0.4) is 0 Å². The third-order valence-corrected chi connectivity index (χ3v) is 7.47. The van der Waals surface area contributed by atoms with E-state index in [2.05, 4.69) is 16.8 Å². The summed E-state index contributed by atoms with van der Waals surface area (Å²) in [5, 5.41) is 1.34. The first-order valence-electron chi connectivity index (χ1n) is 10.8. The minimum absolute atomic E-state index is 0.771. The van der Waals surface area contributed by atoms with Gasteiger partial charge >= 0.3 is 0 Å². The number of para-hydroxylation sites is 1. The smallest absolute Gasteiger partial charge is 0.141 e. The summed E-state index contributed by atoms with van der Waals surface area (Å²) >= 11 is 1.89. The molecule has 2 aromatic heterocycles. The van der Waals surface area contributed by atoms with Gasteiger partial charge in [0.25, 0.3) is 0 Å². The number of fused-ring (bicyclic) bond motifs is 3. The van der Waals surface area contributed by atoms with E-state index in [1.54, 1.807) is 16.1 Å². The monoisotopic (exact) mass is 409 g/mol. The molecule has 6 heteroatoms. The lowest BCUT2D eigenvalue weighted by Gasteiger charge is -2.33. The summed E-state index contributed by atoms with van der Waals surface area (Å²) in [5.41, 5.74) is 1.53. The van der Waals surface area contributed by atoms with Crippen LogP contribution >= 0.6 is 11.3 Å². The van der Waals surface area contributed by atoms with Crippen LogP contribution in [0.2, 0.25) is 0 Å². The lowest BCUT2D eigenvalue weighted by Crippen LogP contribution is -3.15. The molecule has 3 heterocycles. The van der Waals surface area contributed by atoms with Crippen LogP contribution in [0.4, 0.5) is 5.82 Å². The Morgan fingerprint density at radius 1 is 1.17 bits per heavy atom. The van der Waals surface area contributed by atoms with E-state index in [-0.39, 0.29) is 0 Å². The van der Waals surface area contributed by atoms with Crippen molar-refractivity contribution in [3.05, 3.63) is 47.1 Å². The Morgan fingerprint density at radius 3 is 2.83 bits per heavy atom. The molecule has 2 aliphatic rings. The average Bonchev–Trinajstić information content (AvgIpc) is 3.12. The summed E-state index contributed by atoms with van der Waals surface area (Å²) in [7, 11) is 0. The van der Waals surface area contributed by atoms with Gasteiger partial charge in [0.1, 0.15) is 35.9 Å². The fourth-order valence-electron chi connectivity index (χ4n) is 4.61. The van der Waals surface area contributed by atoms with Crippen LogP contribution in [0.15, 0.2) is 36.7 Å². The zero-order valence-electron chi connectivity index (χ0n) is 17.1. The van der Waals surface area contributed by atoms with Crippen LogP contribution in [0.1, 0.15) is 23.8 Å². The molecule has 5 nitrogen and oxygen atoms in total. The van der Waals surface area contributed by atoms with Gasteiger partial charge in [-0.05, 0) is 42.9 Å². The molecular weight excluding hydrogens is 380 g/mol. The number of rotatable bonds is 5. The van der Waals surface area contributed by atoms with Gasteiger partial charge in [0.05, 0.1) is 31.6 Å². The molecule has 0 bridgehead atoms. The van der Waals surface area contributed by atoms with Gasteiger partial charge in [-0.2, -0.15) is 0 Å². The summed E-state index contributed by atoms with van der Waals surface area (Å²) in [6.07, 6.45) is 5.43. The molecule has 1 atom stereocenters. The fraction of sp³-hybridized carbons (Fsp3) is 0.478. The first kappa shape index (κ1) is 18.8. The Morgan fingerprint density at radius 2 is 2.00 bits per heavy atom. The van der Waals surface area contributed by atoms with Gasteiger partial charge in [-0.15, -0.1) is 11.3 Å². The number of thiophene rings is 1. The van der Waals surface area contributed by atoms with Crippen molar-refractivity contribution in [2.75, 3.05) is 44.2 Å². The number of ether oxygens (including phenoxy) is 1. The van der Waals surface area contributed by atoms with Gasteiger partial charge in [0.15, 0.2) is 0 Å². The number of piperazine rings is 1. The summed E-state index contributed by atoms with van der Waals surface area (Å²) in [5.74, 6) is 2.92. The van der Waals surface area contributed by atoms with Gasteiger partial charge in [0, 0.05) is 4.88 Å². The van der Waals surface area contributed by atoms with Crippen LogP contribution in [-0.2, 0) is 12.8 Å². The van der Waals surface area contributed by atoms with E-state index < -0.39 is 0 Å². The molecule has 0 amide bonds. The van der Waals surface area contributed by atoms with E-state index in [0.717, 1.165) is 51.0 Å². The van der Waals surface area contributed by atoms with Gasteiger partial charge in [-0.3, -0.25) is 0 Å². The number of nitrogens with zero attached hydrogens (tertiary/aromatic N) is 3. The maximum Gasteiger partial charge on any atom is 0.141 e. The second-order valence-corrected chi connectivity index (χ2v) is 9.46. The largest absolute Gasteiger partial charge is 0.488 e. The molecule has 0 spiro atoms. The fourth-order valence-corrected chi connectivity index (χ4v) is 5.96. The molecule has 0 unspecified atom stereocenters. The zero-order chi connectivity index (χ0) is 19.6. The number of nitrogens with one attached hydrogen (secondary N) is 1. The third-order valence-electron chi connectivity index (χ3n) is 6.31. The number of benzene rings is 1. The van der Waals surface area contributed by atoms with Gasteiger partial charge in [-0.1, -0.05) is 25.1 Å². The van der Waals surface area contributed by atoms with Crippen molar-refractivity contribution in [1.82, 2.24) is 9.97 Å². The van der Waals surface area contributed by atoms with Crippen molar-refractivity contribution >= 4 is 27.4 Å². The van der Waals surface area contributed by atoms with Crippen molar-refractivity contribution < 1.29 is 9.64 Å². The van der Waals surface area contributed by atoms with Crippen molar-refractivity contribution in [2.45, 2.75) is 26.2 Å². The minimum atomic E-state index is 0.771. The number of aryl methyl sites for hydroxylation is 1. The van der Waals surface area contributed by atoms with Crippen LogP contribution in [-0.4, -0.2) is 49.3 Å². The van der Waals surface area contributed by atoms with E-state index in [0.29, 0.717) is 0 Å². The molecule has 1 saturated heterocycles. The Balaban J connectivity index is 1.24. The number of hydrogen-bond donors (Lipinski definition) is 1. The van der Waals surface area contributed by atoms with Gasteiger partial charge in [-0.25, -0.2) is 9.97 Å². The van der Waals surface area contributed by atoms with Crippen LogP contribution in [0.25, 0.3) is 10.2 Å². The van der Waals surface area contributed by atoms with Crippen molar-refractivity contribution in [3.8, 4) is 5.75 Å². The van der Waals surface area contributed by atoms with Crippen molar-refractivity contribution in [2.24, 2.45) is 5.92 Å². The Bertz CT molecular complexity index is 966. The van der Waals surface area contributed by atoms with E-state index in [4.69, 9.17) is 9.72 Å². The first-order valence-corrected chi connectivity index (χ1v) is 11.6. The van der Waals surface area contributed by atoms with Crippen molar-refractivity contribution in [1.29, 1.82) is 0 Å². The predicted octanol–water partition coefficient (Wildman–Crippen LogP) is 2.60. The predicted molar refractivity (Wildman–Crippen MR) is 118 cm³/mol. The summed E-state index contributed by atoms with van der Waals surface area (Å²) in [6, 6.07) is 10.1. The molecule has 29 heavy (non-hydrogen) atoms. The lowest BCUT2D eigenvalue weighted by molar-refractivity contribution is -0.900. The number of aromatic nitrogens is 2. The van der Waals surface area contributed by atoms with E-state index >= 15 is 0 Å². The molecule has 1 fully saturated rings. The highest BCUT2D eigenvalue weighted by molar-refractivity contribution is 7.19. The van der Waals surface area contributed by atoms with E-state index in [1.165, 1.54) is 40.9 Å². The van der Waals surface area contributed by atoms with Crippen LogP contribution in [0.5, 0.6) is 5.75 Å². The Hall–Kier alpha value is -2.18. The summed E-state index contributed by atoms with van der Waals surface area (Å²) in [4.78, 5) is 16.2. The Kier molecular flexibility index (Phi) is 5.38. The molecule has 152 valence electrons.